The summed E-state index contributed by atoms with van der Waals surface area (Å²) >= 11 is 1.69. The van der Waals surface area contributed by atoms with Crippen LogP contribution in [0.3, 0.4) is 0 Å². The van der Waals surface area contributed by atoms with Gasteiger partial charge in [-0.05, 0) is 24.3 Å². The van der Waals surface area contributed by atoms with Gasteiger partial charge in [-0.3, -0.25) is 10.1 Å². The summed E-state index contributed by atoms with van der Waals surface area (Å²) in [7, 11) is -0.881. The lowest BCUT2D eigenvalue weighted by molar-refractivity contribution is -0.386. The van der Waals surface area contributed by atoms with Gasteiger partial charge in [-0.2, -0.15) is 16.1 Å². The minimum Gasteiger partial charge on any atom is -0.383 e. The molecule has 1 N–H and O–H groups in total. The van der Waals surface area contributed by atoms with Crippen molar-refractivity contribution < 1.29 is 13.3 Å². The molecule has 1 heterocycles. The van der Waals surface area contributed by atoms with Gasteiger partial charge < -0.3 is 5.32 Å². The zero-order valence-electron chi connectivity index (χ0n) is 11.8. The molecule has 0 saturated carbocycles. The first-order valence-electron chi connectivity index (χ1n) is 6.40. The topological polar surface area (TPSA) is 92.6 Å². The van der Waals surface area contributed by atoms with Gasteiger partial charge in [0.1, 0.15) is 5.69 Å². The van der Waals surface area contributed by atoms with Crippen LogP contribution in [0.25, 0.3) is 0 Å². The van der Waals surface area contributed by atoms with Crippen molar-refractivity contribution >= 4 is 33.2 Å². The Morgan fingerprint density at radius 1 is 1.48 bits per heavy atom. The van der Waals surface area contributed by atoms with Crippen molar-refractivity contribution in [3.8, 4) is 0 Å². The van der Waals surface area contributed by atoms with E-state index < -0.39 is 20.6 Å². The Balaban J connectivity index is 2.51. The fraction of sp³-hybridized carbons (Fsp3) is 0.500. The standard InChI is InChI=1S/C12H17N3O4S2/c1-13-10-4-3-5-11(12(10)15(16)17)21(18,19)14(2)9-6-7-20-8-9/h3-5,9,13H,6-8H2,1-2H3. The molecule has 0 radical (unpaired) electrons. The number of rotatable bonds is 5. The fourth-order valence-corrected chi connectivity index (χ4v) is 5.20. The van der Waals surface area contributed by atoms with Crippen molar-refractivity contribution in [2.75, 3.05) is 30.9 Å². The minimum atomic E-state index is -3.89. The van der Waals surface area contributed by atoms with Crippen LogP contribution in [0.4, 0.5) is 11.4 Å². The van der Waals surface area contributed by atoms with Crippen molar-refractivity contribution in [3.05, 3.63) is 28.3 Å². The second-order valence-electron chi connectivity index (χ2n) is 4.70. The molecule has 1 aromatic rings. The highest BCUT2D eigenvalue weighted by molar-refractivity contribution is 7.99. The molecule has 116 valence electrons. The van der Waals surface area contributed by atoms with Crippen LogP contribution in [0.15, 0.2) is 23.1 Å². The predicted molar refractivity (Wildman–Crippen MR) is 83.3 cm³/mol. The quantitative estimate of drug-likeness (QED) is 0.653. The van der Waals surface area contributed by atoms with E-state index in [9.17, 15) is 18.5 Å². The second-order valence-corrected chi connectivity index (χ2v) is 7.81. The molecule has 0 aromatic heterocycles. The summed E-state index contributed by atoms with van der Waals surface area (Å²) in [4.78, 5) is 10.3. The number of nitro groups is 1. The number of nitro benzene ring substituents is 1. The molecule has 7 nitrogen and oxygen atoms in total. The van der Waals surface area contributed by atoms with Gasteiger partial charge in [0.05, 0.1) is 4.92 Å². The maximum absolute atomic E-state index is 12.7. The molecule has 9 heteroatoms. The number of hydrogen-bond acceptors (Lipinski definition) is 6. The zero-order valence-corrected chi connectivity index (χ0v) is 13.4. The third-order valence-corrected chi connectivity index (χ3v) is 6.61. The van der Waals surface area contributed by atoms with Crippen molar-refractivity contribution in [2.24, 2.45) is 0 Å². The number of para-hydroxylation sites is 1. The van der Waals surface area contributed by atoms with Crippen LogP contribution in [0, 0.1) is 10.1 Å². The molecule has 0 amide bonds. The van der Waals surface area contributed by atoms with Gasteiger partial charge in [0.15, 0.2) is 4.90 Å². The first-order chi connectivity index (χ1) is 9.89. The summed E-state index contributed by atoms with van der Waals surface area (Å²) in [5.74, 6) is 1.62. The third kappa shape index (κ3) is 2.99. The number of anilines is 1. The number of sulfonamides is 1. The largest absolute Gasteiger partial charge is 0.383 e. The highest BCUT2D eigenvalue weighted by Gasteiger charge is 2.36. The lowest BCUT2D eigenvalue weighted by Crippen LogP contribution is -2.37. The number of nitrogens with one attached hydrogen (secondary N) is 1. The van der Waals surface area contributed by atoms with Gasteiger partial charge >= 0.3 is 5.69 Å². The van der Waals surface area contributed by atoms with Gasteiger partial charge in [-0.15, -0.1) is 0 Å². The molecule has 1 aliphatic rings. The van der Waals surface area contributed by atoms with E-state index in [4.69, 9.17) is 0 Å². The van der Waals surface area contributed by atoms with Crippen molar-refractivity contribution in [3.63, 3.8) is 0 Å². The van der Waals surface area contributed by atoms with E-state index in [0.29, 0.717) is 0 Å². The van der Waals surface area contributed by atoms with Crippen LogP contribution in [0.2, 0.25) is 0 Å². The lowest BCUT2D eigenvalue weighted by Gasteiger charge is -2.23. The maximum atomic E-state index is 12.7. The molecule has 1 aromatic carbocycles. The highest BCUT2D eigenvalue weighted by Crippen LogP contribution is 2.35. The van der Waals surface area contributed by atoms with E-state index in [1.165, 1.54) is 36.6 Å². The summed E-state index contributed by atoms with van der Waals surface area (Å²) in [6.07, 6.45) is 0.764. The van der Waals surface area contributed by atoms with Crippen molar-refractivity contribution in [1.82, 2.24) is 4.31 Å². The molecule has 1 saturated heterocycles. The molecular formula is C12H17N3O4S2. The summed E-state index contributed by atoms with van der Waals surface area (Å²) in [6, 6.07) is 4.16. The second kappa shape index (κ2) is 6.20. The minimum absolute atomic E-state index is 0.113. The Hall–Kier alpha value is -1.32. The van der Waals surface area contributed by atoms with Crippen LogP contribution in [0.1, 0.15) is 6.42 Å². The third-order valence-electron chi connectivity index (χ3n) is 3.53. The molecular weight excluding hydrogens is 314 g/mol. The van der Waals surface area contributed by atoms with Crippen molar-refractivity contribution in [2.45, 2.75) is 17.4 Å². The summed E-state index contributed by atoms with van der Waals surface area (Å²) < 4.78 is 26.7. The highest BCUT2D eigenvalue weighted by atomic mass is 32.2. The van der Waals surface area contributed by atoms with E-state index in [-0.39, 0.29) is 16.6 Å². The number of thioether (sulfide) groups is 1. The first-order valence-corrected chi connectivity index (χ1v) is 9.00. The maximum Gasteiger partial charge on any atom is 0.312 e. The van der Waals surface area contributed by atoms with E-state index >= 15 is 0 Å². The Morgan fingerprint density at radius 2 is 2.19 bits per heavy atom. The summed E-state index contributed by atoms with van der Waals surface area (Å²) in [5, 5.41) is 13.9. The number of benzene rings is 1. The SMILES string of the molecule is CNc1cccc(S(=O)(=O)N(C)C2CCSC2)c1[N+](=O)[O-]. The average Bonchev–Trinajstić information content (AvgIpc) is 2.99. The molecule has 0 spiro atoms. The number of nitrogens with zero attached hydrogens (tertiary/aromatic N) is 2. The smallest absolute Gasteiger partial charge is 0.312 e. The van der Waals surface area contributed by atoms with E-state index in [2.05, 4.69) is 5.32 Å². The average molecular weight is 331 g/mol. The first kappa shape index (κ1) is 16.1. The van der Waals surface area contributed by atoms with Gasteiger partial charge in [0, 0.05) is 25.9 Å². The van der Waals surface area contributed by atoms with Crippen LogP contribution >= 0.6 is 11.8 Å². The van der Waals surface area contributed by atoms with E-state index in [1.807, 2.05) is 0 Å². The monoisotopic (exact) mass is 331 g/mol. The van der Waals surface area contributed by atoms with Crippen LogP contribution in [-0.4, -0.2) is 49.3 Å². The predicted octanol–water partition coefficient (Wildman–Crippen LogP) is 1.76. The molecule has 1 atom stereocenters. The molecule has 1 fully saturated rings. The zero-order chi connectivity index (χ0) is 15.6. The lowest BCUT2D eigenvalue weighted by atomic mass is 10.2. The van der Waals surface area contributed by atoms with Crippen LogP contribution < -0.4 is 5.32 Å². The van der Waals surface area contributed by atoms with Crippen LogP contribution in [0.5, 0.6) is 0 Å². The normalized spacial score (nSPS) is 18.9. The fourth-order valence-electron chi connectivity index (χ4n) is 2.28. The van der Waals surface area contributed by atoms with Gasteiger partial charge in [0.25, 0.3) is 0 Å². The summed E-state index contributed by atoms with van der Waals surface area (Å²) in [6.45, 7) is 0. The summed E-state index contributed by atoms with van der Waals surface area (Å²) in [5.41, 5.74) is -0.215. The Labute approximate surface area is 127 Å². The van der Waals surface area contributed by atoms with Crippen LogP contribution in [-0.2, 0) is 10.0 Å². The molecule has 21 heavy (non-hydrogen) atoms. The Morgan fingerprint density at radius 3 is 2.71 bits per heavy atom. The van der Waals surface area contributed by atoms with Gasteiger partial charge in [-0.1, -0.05) is 6.07 Å². The molecule has 0 bridgehead atoms. The van der Waals surface area contributed by atoms with Gasteiger partial charge in [-0.25, -0.2) is 8.42 Å². The van der Waals surface area contributed by atoms with Crippen molar-refractivity contribution in [1.29, 1.82) is 0 Å². The van der Waals surface area contributed by atoms with E-state index in [0.717, 1.165) is 17.9 Å². The number of hydrogen-bond donors (Lipinski definition) is 1. The van der Waals surface area contributed by atoms with Gasteiger partial charge in [0.2, 0.25) is 10.0 Å². The Bertz CT molecular complexity index is 642. The Kier molecular flexibility index (Phi) is 4.74. The molecule has 2 rings (SSSR count). The molecule has 1 aliphatic heterocycles. The molecule has 0 aliphatic carbocycles. The molecule has 1 unspecified atom stereocenters. The van der Waals surface area contributed by atoms with E-state index in [1.54, 1.807) is 11.8 Å².